The zero-order chi connectivity index (χ0) is 18.1. The Kier molecular flexibility index (Phi) is 7.82. The molecule has 0 bridgehead atoms. The van der Waals surface area contributed by atoms with Crippen molar-refractivity contribution in [1.29, 1.82) is 0 Å². The molecule has 0 radical (unpaired) electrons. The van der Waals surface area contributed by atoms with Crippen LogP contribution in [0.1, 0.15) is 18.1 Å². The van der Waals surface area contributed by atoms with Gasteiger partial charge in [0.1, 0.15) is 6.61 Å². The van der Waals surface area contributed by atoms with Crippen LogP contribution in [0.3, 0.4) is 0 Å². The van der Waals surface area contributed by atoms with Gasteiger partial charge in [-0.1, -0.05) is 42.5 Å². The maximum Gasteiger partial charge on any atom is 0.175 e. The van der Waals surface area contributed by atoms with Crippen LogP contribution < -0.4 is 14.9 Å². The van der Waals surface area contributed by atoms with Crippen LogP contribution >= 0.6 is 27.5 Å². The molecule has 0 aliphatic carbocycles. The molecule has 0 spiro atoms. The first-order chi connectivity index (χ1) is 12.2. The van der Waals surface area contributed by atoms with Gasteiger partial charge in [-0.2, -0.15) is 5.10 Å². The predicted octanol–water partition coefficient (Wildman–Crippen LogP) is 5.19. The molecule has 2 aromatic carbocycles. The lowest BCUT2D eigenvalue weighted by atomic mass is 10.2. The molecule has 0 aliphatic rings. The van der Waals surface area contributed by atoms with Crippen molar-refractivity contribution in [3.63, 3.8) is 0 Å². The van der Waals surface area contributed by atoms with E-state index in [0.29, 0.717) is 31.3 Å². The highest BCUT2D eigenvalue weighted by atomic mass is 79.9. The Hall–Kier alpha value is -1.98. The Morgan fingerprint density at radius 1 is 1.28 bits per heavy atom. The van der Waals surface area contributed by atoms with E-state index in [0.717, 1.165) is 20.6 Å². The molecule has 0 heterocycles. The first-order valence-corrected chi connectivity index (χ1v) is 9.02. The van der Waals surface area contributed by atoms with Crippen LogP contribution in [0.25, 0.3) is 0 Å². The van der Waals surface area contributed by atoms with E-state index < -0.39 is 0 Å². The van der Waals surface area contributed by atoms with Crippen molar-refractivity contribution in [1.82, 2.24) is 5.43 Å². The van der Waals surface area contributed by atoms with Crippen LogP contribution in [0.2, 0.25) is 5.02 Å². The molecule has 0 amide bonds. The van der Waals surface area contributed by atoms with Crippen LogP contribution in [0, 0.1) is 0 Å². The molecule has 132 valence electrons. The van der Waals surface area contributed by atoms with Crippen LogP contribution in [0.4, 0.5) is 0 Å². The number of ether oxygens (including phenoxy) is 2. The third-order valence-electron chi connectivity index (χ3n) is 3.21. The van der Waals surface area contributed by atoms with Gasteiger partial charge < -0.3 is 14.9 Å². The molecule has 0 saturated carbocycles. The van der Waals surface area contributed by atoms with Gasteiger partial charge in [-0.05, 0) is 52.2 Å². The normalized spacial score (nSPS) is 10.7. The molecule has 1 N–H and O–H groups in total. The van der Waals surface area contributed by atoms with Crippen LogP contribution in [-0.4, -0.2) is 19.4 Å². The summed E-state index contributed by atoms with van der Waals surface area (Å²) in [6.45, 7) is 7.09. The fraction of sp³-hybridized carbons (Fsp3) is 0.211. The maximum absolute atomic E-state index is 6.12. The van der Waals surface area contributed by atoms with Crippen molar-refractivity contribution in [2.24, 2.45) is 5.10 Å². The highest BCUT2D eigenvalue weighted by molar-refractivity contribution is 9.10. The predicted molar refractivity (Wildman–Crippen MR) is 107 cm³/mol. The number of halogens is 2. The van der Waals surface area contributed by atoms with Crippen molar-refractivity contribution in [2.45, 2.75) is 13.5 Å². The third-order valence-corrected chi connectivity index (χ3v) is 4.17. The van der Waals surface area contributed by atoms with Gasteiger partial charge in [0.15, 0.2) is 11.5 Å². The average molecular weight is 424 g/mol. The van der Waals surface area contributed by atoms with Crippen molar-refractivity contribution >= 4 is 33.7 Å². The molecule has 0 atom stereocenters. The van der Waals surface area contributed by atoms with Gasteiger partial charge >= 0.3 is 0 Å². The maximum atomic E-state index is 6.12. The number of hydrogen-bond donors (Lipinski definition) is 1. The SMILES string of the molecule is C=CCOc1c(Br)cc(/C=N\NCc2ccccc2Cl)cc1OCC. The number of hydrogen-bond acceptors (Lipinski definition) is 4. The summed E-state index contributed by atoms with van der Waals surface area (Å²) in [6, 6.07) is 11.5. The van der Waals surface area contributed by atoms with E-state index in [2.05, 4.69) is 33.0 Å². The number of benzene rings is 2. The van der Waals surface area contributed by atoms with Gasteiger partial charge in [-0.25, -0.2) is 0 Å². The van der Waals surface area contributed by atoms with Crippen LogP contribution in [0.15, 0.2) is 58.6 Å². The Morgan fingerprint density at radius 2 is 2.08 bits per heavy atom. The molecular formula is C19H20BrClN2O2. The minimum atomic E-state index is 0.408. The van der Waals surface area contributed by atoms with E-state index in [4.69, 9.17) is 21.1 Å². The first-order valence-electron chi connectivity index (χ1n) is 7.85. The minimum absolute atomic E-state index is 0.408. The highest BCUT2D eigenvalue weighted by Crippen LogP contribution is 2.36. The Bertz CT molecular complexity index is 750. The molecule has 4 nitrogen and oxygen atoms in total. The summed E-state index contributed by atoms with van der Waals surface area (Å²) in [5, 5.41) is 4.96. The molecule has 0 aliphatic heterocycles. The molecule has 0 saturated heterocycles. The van der Waals surface area contributed by atoms with E-state index in [-0.39, 0.29) is 0 Å². The summed E-state index contributed by atoms with van der Waals surface area (Å²) in [4.78, 5) is 0. The summed E-state index contributed by atoms with van der Waals surface area (Å²) < 4.78 is 12.1. The van der Waals surface area contributed by atoms with Gasteiger partial charge in [-0.15, -0.1) is 0 Å². The quantitative estimate of drug-likeness (QED) is 0.343. The molecule has 25 heavy (non-hydrogen) atoms. The summed E-state index contributed by atoms with van der Waals surface area (Å²) in [5.74, 6) is 1.31. The van der Waals surface area contributed by atoms with Gasteiger partial charge in [0.05, 0.1) is 23.8 Å². The van der Waals surface area contributed by atoms with Gasteiger partial charge in [0.2, 0.25) is 0 Å². The zero-order valence-electron chi connectivity index (χ0n) is 14.0. The molecule has 0 fully saturated rings. The fourth-order valence-electron chi connectivity index (χ4n) is 2.10. The Morgan fingerprint density at radius 3 is 2.80 bits per heavy atom. The number of rotatable bonds is 9. The van der Waals surface area contributed by atoms with Crippen LogP contribution in [0.5, 0.6) is 11.5 Å². The van der Waals surface area contributed by atoms with E-state index in [1.807, 2.05) is 43.3 Å². The largest absolute Gasteiger partial charge is 0.490 e. The highest BCUT2D eigenvalue weighted by Gasteiger charge is 2.11. The molecule has 6 heteroatoms. The van der Waals surface area contributed by atoms with E-state index >= 15 is 0 Å². The molecule has 2 rings (SSSR count). The second kappa shape index (κ2) is 10.1. The number of hydrazone groups is 1. The summed E-state index contributed by atoms with van der Waals surface area (Å²) in [6.07, 6.45) is 3.41. The van der Waals surface area contributed by atoms with Crippen molar-refractivity contribution in [3.8, 4) is 11.5 Å². The topological polar surface area (TPSA) is 42.8 Å². The second-order valence-electron chi connectivity index (χ2n) is 5.05. The van der Waals surface area contributed by atoms with Crippen LogP contribution in [-0.2, 0) is 6.54 Å². The lowest BCUT2D eigenvalue weighted by Gasteiger charge is -2.13. The Balaban J connectivity index is 2.08. The molecule has 0 aromatic heterocycles. The van der Waals surface area contributed by atoms with Gasteiger partial charge in [-0.3, -0.25) is 0 Å². The summed E-state index contributed by atoms with van der Waals surface area (Å²) in [7, 11) is 0. The second-order valence-corrected chi connectivity index (χ2v) is 6.31. The lowest BCUT2D eigenvalue weighted by molar-refractivity contribution is 0.295. The summed E-state index contributed by atoms with van der Waals surface area (Å²) >= 11 is 9.63. The first kappa shape index (κ1) is 19.3. The van der Waals surface area contributed by atoms with Gasteiger partial charge in [0, 0.05) is 5.02 Å². The smallest absolute Gasteiger partial charge is 0.175 e. The van der Waals surface area contributed by atoms with Crippen molar-refractivity contribution < 1.29 is 9.47 Å². The number of nitrogens with zero attached hydrogens (tertiary/aromatic N) is 1. The van der Waals surface area contributed by atoms with E-state index in [1.165, 1.54) is 0 Å². The minimum Gasteiger partial charge on any atom is -0.490 e. The molecule has 0 unspecified atom stereocenters. The molecular weight excluding hydrogens is 404 g/mol. The van der Waals surface area contributed by atoms with E-state index in [9.17, 15) is 0 Å². The summed E-state index contributed by atoms with van der Waals surface area (Å²) in [5.41, 5.74) is 4.87. The van der Waals surface area contributed by atoms with Gasteiger partial charge in [0.25, 0.3) is 0 Å². The van der Waals surface area contributed by atoms with Crippen molar-refractivity contribution in [2.75, 3.05) is 13.2 Å². The fourth-order valence-corrected chi connectivity index (χ4v) is 2.88. The number of nitrogens with one attached hydrogen (secondary N) is 1. The standard InChI is InChI=1S/C19H20BrClN2O2/c1-3-9-25-19-16(20)10-14(11-18(19)24-4-2)12-22-23-13-15-7-5-6-8-17(15)21/h3,5-8,10-12,23H,1,4,9,13H2,2H3/b22-12-. The third kappa shape index (κ3) is 5.80. The lowest BCUT2D eigenvalue weighted by Crippen LogP contribution is -2.06. The average Bonchev–Trinajstić information content (AvgIpc) is 2.60. The molecule has 2 aromatic rings. The van der Waals surface area contributed by atoms with E-state index in [1.54, 1.807) is 12.3 Å². The zero-order valence-corrected chi connectivity index (χ0v) is 16.3. The Labute approximate surface area is 161 Å². The monoisotopic (exact) mass is 422 g/mol. The van der Waals surface area contributed by atoms with Crippen molar-refractivity contribution in [3.05, 3.63) is 69.7 Å².